The third-order valence-electron chi connectivity index (χ3n) is 7.55. The number of ether oxygens (including phenoxy) is 1. The van der Waals surface area contributed by atoms with Gasteiger partial charge in [0.15, 0.2) is 0 Å². The highest BCUT2D eigenvalue weighted by Gasteiger charge is 2.29. The Morgan fingerprint density at radius 1 is 1.06 bits per heavy atom. The lowest BCUT2D eigenvalue weighted by molar-refractivity contribution is 0.0772. The monoisotopic (exact) mass is 477 g/mol. The molecule has 2 aliphatic heterocycles. The van der Waals surface area contributed by atoms with Crippen LogP contribution in [-0.4, -0.2) is 60.9 Å². The van der Waals surface area contributed by atoms with Crippen molar-refractivity contribution in [2.24, 2.45) is 5.92 Å². The lowest BCUT2D eigenvalue weighted by Gasteiger charge is -2.26. The minimum absolute atomic E-state index is 0.0210. The number of hydrogen-bond acceptors (Lipinski definition) is 4. The van der Waals surface area contributed by atoms with Crippen LogP contribution in [0.25, 0.3) is 0 Å². The standard InChI is InChI=1S/C29H39N3O3/c1-4-15-31-16-13-24(20-35-25-12-11-23-19-30-28(33)27(23)18-25)26(14-17-31)21-7-9-22(10-8-21)29(34)32(5-2)6-3/h7-12,18,24,26H,4-6,13-17,19-20H2,1-3H3,(H,30,33)/t24-,26-/m0/s1. The molecule has 2 aromatic carbocycles. The molecule has 2 amide bonds. The summed E-state index contributed by atoms with van der Waals surface area (Å²) >= 11 is 0. The first-order valence-electron chi connectivity index (χ1n) is 13.2. The Balaban J connectivity index is 1.50. The summed E-state index contributed by atoms with van der Waals surface area (Å²) in [5.41, 5.74) is 3.79. The maximum absolute atomic E-state index is 12.8. The highest BCUT2D eigenvalue weighted by Crippen LogP contribution is 2.35. The highest BCUT2D eigenvalue weighted by molar-refractivity contribution is 5.98. The topological polar surface area (TPSA) is 61.9 Å². The third kappa shape index (κ3) is 5.87. The Morgan fingerprint density at radius 3 is 2.51 bits per heavy atom. The number of carbonyl (C=O) groups is 2. The molecule has 0 aromatic heterocycles. The molecule has 188 valence electrons. The second-order valence-corrected chi connectivity index (χ2v) is 9.70. The van der Waals surface area contributed by atoms with Crippen LogP contribution in [-0.2, 0) is 6.54 Å². The van der Waals surface area contributed by atoms with E-state index in [1.807, 2.05) is 49.1 Å². The van der Waals surface area contributed by atoms with Gasteiger partial charge in [-0.3, -0.25) is 9.59 Å². The molecule has 1 saturated heterocycles. The van der Waals surface area contributed by atoms with Gasteiger partial charge >= 0.3 is 0 Å². The maximum atomic E-state index is 12.8. The fraction of sp³-hybridized carbons (Fsp3) is 0.517. The summed E-state index contributed by atoms with van der Waals surface area (Å²) in [4.78, 5) is 29.2. The Hall–Kier alpha value is -2.86. The Kier molecular flexibility index (Phi) is 8.45. The normalized spacial score (nSPS) is 20.1. The summed E-state index contributed by atoms with van der Waals surface area (Å²) in [6.45, 7) is 12.2. The summed E-state index contributed by atoms with van der Waals surface area (Å²) in [6, 6.07) is 14.1. The number of carbonyl (C=O) groups excluding carboxylic acids is 2. The van der Waals surface area contributed by atoms with Gasteiger partial charge in [0.1, 0.15) is 5.75 Å². The fourth-order valence-corrected chi connectivity index (χ4v) is 5.45. The number of fused-ring (bicyclic) bond motifs is 1. The van der Waals surface area contributed by atoms with Crippen molar-refractivity contribution in [2.75, 3.05) is 39.3 Å². The van der Waals surface area contributed by atoms with E-state index in [1.165, 1.54) is 5.56 Å². The van der Waals surface area contributed by atoms with Crippen molar-refractivity contribution >= 4 is 11.8 Å². The van der Waals surface area contributed by atoms with Crippen LogP contribution in [0, 0.1) is 5.92 Å². The van der Waals surface area contributed by atoms with Gasteiger partial charge in [-0.05, 0) is 94.1 Å². The zero-order chi connectivity index (χ0) is 24.8. The zero-order valence-corrected chi connectivity index (χ0v) is 21.4. The summed E-state index contributed by atoms with van der Waals surface area (Å²) in [6.07, 6.45) is 3.30. The van der Waals surface area contributed by atoms with Crippen LogP contribution in [0.1, 0.15) is 77.8 Å². The molecule has 2 aliphatic rings. The number of nitrogens with one attached hydrogen (secondary N) is 1. The first-order valence-corrected chi connectivity index (χ1v) is 13.2. The molecule has 6 nitrogen and oxygen atoms in total. The second kappa shape index (κ2) is 11.7. The molecule has 0 radical (unpaired) electrons. The molecule has 0 spiro atoms. The van der Waals surface area contributed by atoms with Gasteiger partial charge in [-0.25, -0.2) is 0 Å². The molecule has 2 heterocycles. The summed E-state index contributed by atoms with van der Waals surface area (Å²) in [5.74, 6) is 1.56. The average Bonchev–Trinajstić information content (AvgIpc) is 3.13. The van der Waals surface area contributed by atoms with Crippen molar-refractivity contribution in [3.05, 3.63) is 64.7 Å². The van der Waals surface area contributed by atoms with E-state index < -0.39 is 0 Å². The minimum Gasteiger partial charge on any atom is -0.493 e. The van der Waals surface area contributed by atoms with Crippen molar-refractivity contribution in [1.82, 2.24) is 15.1 Å². The number of rotatable bonds is 9. The van der Waals surface area contributed by atoms with Crippen LogP contribution in [0.4, 0.5) is 0 Å². The zero-order valence-electron chi connectivity index (χ0n) is 21.4. The lowest BCUT2D eigenvalue weighted by Crippen LogP contribution is -2.30. The first kappa shape index (κ1) is 25.2. The minimum atomic E-state index is -0.0210. The number of amides is 2. The van der Waals surface area contributed by atoms with Gasteiger partial charge < -0.3 is 19.9 Å². The number of nitrogens with zero attached hydrogens (tertiary/aromatic N) is 2. The maximum Gasteiger partial charge on any atom is 0.253 e. The van der Waals surface area contributed by atoms with Crippen LogP contribution in [0.3, 0.4) is 0 Å². The van der Waals surface area contributed by atoms with E-state index >= 15 is 0 Å². The van der Waals surface area contributed by atoms with Gasteiger partial charge in [0, 0.05) is 36.7 Å². The second-order valence-electron chi connectivity index (χ2n) is 9.70. The molecule has 2 aromatic rings. The number of benzene rings is 2. The van der Waals surface area contributed by atoms with E-state index in [0.29, 0.717) is 25.0 Å². The van der Waals surface area contributed by atoms with Crippen LogP contribution in [0.15, 0.2) is 42.5 Å². The molecule has 1 N–H and O–H groups in total. The van der Waals surface area contributed by atoms with E-state index in [-0.39, 0.29) is 11.8 Å². The third-order valence-corrected chi connectivity index (χ3v) is 7.55. The van der Waals surface area contributed by atoms with E-state index in [9.17, 15) is 9.59 Å². The van der Waals surface area contributed by atoms with E-state index in [2.05, 4.69) is 29.3 Å². The largest absolute Gasteiger partial charge is 0.493 e. The SMILES string of the molecule is CCCN1CC[C@@H](COc2ccc3c(c2)C(=O)NC3)[C@H](c2ccc(C(=O)N(CC)CC)cc2)CC1. The number of likely N-dealkylation sites (tertiary alicyclic amines) is 1. The summed E-state index contributed by atoms with van der Waals surface area (Å²) in [7, 11) is 0. The van der Waals surface area contributed by atoms with Crippen LogP contribution >= 0.6 is 0 Å². The quantitative estimate of drug-likeness (QED) is 0.569. The Morgan fingerprint density at radius 2 is 1.80 bits per heavy atom. The molecule has 4 rings (SSSR count). The average molecular weight is 478 g/mol. The van der Waals surface area contributed by atoms with Crippen LogP contribution < -0.4 is 10.1 Å². The van der Waals surface area contributed by atoms with Crippen LogP contribution in [0.5, 0.6) is 5.75 Å². The van der Waals surface area contributed by atoms with Crippen molar-refractivity contribution in [3.8, 4) is 5.75 Å². The van der Waals surface area contributed by atoms with Gasteiger partial charge in [0.05, 0.1) is 6.61 Å². The Bertz CT molecular complexity index is 1020. The number of hydrogen-bond donors (Lipinski definition) is 1. The molecular weight excluding hydrogens is 438 g/mol. The molecule has 0 bridgehead atoms. The lowest BCUT2D eigenvalue weighted by atomic mass is 9.82. The van der Waals surface area contributed by atoms with Crippen molar-refractivity contribution in [3.63, 3.8) is 0 Å². The van der Waals surface area contributed by atoms with Gasteiger partial charge in [-0.1, -0.05) is 25.1 Å². The fourth-order valence-electron chi connectivity index (χ4n) is 5.45. The summed E-state index contributed by atoms with van der Waals surface area (Å²) < 4.78 is 6.28. The molecule has 0 aliphatic carbocycles. The molecule has 6 heteroatoms. The van der Waals surface area contributed by atoms with Crippen molar-refractivity contribution in [1.29, 1.82) is 0 Å². The van der Waals surface area contributed by atoms with Crippen molar-refractivity contribution in [2.45, 2.75) is 52.5 Å². The molecule has 35 heavy (non-hydrogen) atoms. The highest BCUT2D eigenvalue weighted by atomic mass is 16.5. The van der Waals surface area contributed by atoms with Crippen molar-refractivity contribution < 1.29 is 14.3 Å². The first-order chi connectivity index (χ1) is 17.0. The molecule has 0 unspecified atom stereocenters. The Labute approximate surface area is 209 Å². The molecular formula is C29H39N3O3. The predicted molar refractivity (Wildman–Crippen MR) is 139 cm³/mol. The van der Waals surface area contributed by atoms with E-state index in [1.54, 1.807) is 0 Å². The van der Waals surface area contributed by atoms with Crippen LogP contribution in [0.2, 0.25) is 0 Å². The van der Waals surface area contributed by atoms with Gasteiger partial charge in [0.25, 0.3) is 11.8 Å². The van der Waals surface area contributed by atoms with E-state index in [4.69, 9.17) is 4.74 Å². The molecule has 1 fully saturated rings. The molecule has 2 atom stereocenters. The van der Waals surface area contributed by atoms with Gasteiger partial charge in [0.2, 0.25) is 0 Å². The van der Waals surface area contributed by atoms with Gasteiger partial charge in [-0.15, -0.1) is 0 Å². The van der Waals surface area contributed by atoms with Gasteiger partial charge in [-0.2, -0.15) is 0 Å². The van der Waals surface area contributed by atoms with E-state index in [0.717, 1.165) is 74.4 Å². The predicted octanol–water partition coefficient (Wildman–Crippen LogP) is 4.70. The molecule has 0 saturated carbocycles. The summed E-state index contributed by atoms with van der Waals surface area (Å²) in [5, 5.41) is 2.87. The smallest absolute Gasteiger partial charge is 0.253 e.